The third-order valence-corrected chi connectivity index (χ3v) is 3.03. The first-order valence-corrected chi connectivity index (χ1v) is 6.06. The van der Waals surface area contributed by atoms with Gasteiger partial charge >= 0.3 is 5.97 Å². The van der Waals surface area contributed by atoms with Crippen molar-refractivity contribution < 1.29 is 34.7 Å². The fraction of sp³-hybridized carbons (Fsp3) is 0.462. The fourth-order valence-electron chi connectivity index (χ4n) is 1.91. The minimum atomic E-state index is -1.77. The maximum absolute atomic E-state index is 11.9. The van der Waals surface area contributed by atoms with Crippen LogP contribution in [0.25, 0.3) is 0 Å². The van der Waals surface area contributed by atoms with Gasteiger partial charge in [0.05, 0.1) is 0 Å². The summed E-state index contributed by atoms with van der Waals surface area (Å²) in [5.74, 6) is -0.714. The van der Waals surface area contributed by atoms with E-state index in [-0.39, 0.29) is 5.75 Å². The van der Waals surface area contributed by atoms with Gasteiger partial charge in [0, 0.05) is 0 Å². The lowest BCUT2D eigenvalue weighted by Gasteiger charge is -2.36. The van der Waals surface area contributed by atoms with E-state index in [0.717, 1.165) is 5.56 Å². The molecule has 1 heterocycles. The Morgan fingerprint density at radius 3 is 2.50 bits per heavy atom. The Morgan fingerprint density at radius 2 is 1.85 bits per heavy atom. The molecule has 2 rings (SSSR count). The van der Waals surface area contributed by atoms with Crippen LogP contribution < -0.4 is 4.74 Å². The van der Waals surface area contributed by atoms with Gasteiger partial charge in [0.1, 0.15) is 24.1 Å². The van der Waals surface area contributed by atoms with Gasteiger partial charge in [-0.25, -0.2) is 4.79 Å². The van der Waals surface area contributed by atoms with Crippen LogP contribution in [0.2, 0.25) is 0 Å². The highest BCUT2D eigenvalue weighted by molar-refractivity contribution is 5.78. The summed E-state index contributed by atoms with van der Waals surface area (Å²) in [5.41, 5.74) is 0.871. The largest absolute Gasteiger partial charge is 0.425 e. The first-order chi connectivity index (χ1) is 9.40. The van der Waals surface area contributed by atoms with E-state index < -0.39 is 36.7 Å². The molecule has 0 amide bonds. The first kappa shape index (κ1) is 14.9. The molecule has 1 saturated heterocycles. The van der Waals surface area contributed by atoms with Crippen LogP contribution in [0.5, 0.6) is 5.75 Å². The molecule has 0 saturated carbocycles. The van der Waals surface area contributed by atoms with Crippen molar-refractivity contribution in [1.29, 1.82) is 0 Å². The van der Waals surface area contributed by atoms with Crippen LogP contribution >= 0.6 is 0 Å². The number of carbonyl (C=O) groups is 1. The Morgan fingerprint density at radius 1 is 1.15 bits per heavy atom. The number of aliphatic hydroxyl groups is 4. The number of hydrogen-bond acceptors (Lipinski definition) is 7. The van der Waals surface area contributed by atoms with Crippen LogP contribution in [0.4, 0.5) is 0 Å². The summed E-state index contributed by atoms with van der Waals surface area (Å²) >= 11 is 0. The molecule has 1 aliphatic rings. The Kier molecular flexibility index (Phi) is 4.36. The predicted molar refractivity (Wildman–Crippen MR) is 65.7 cm³/mol. The van der Waals surface area contributed by atoms with Crippen molar-refractivity contribution in [2.24, 2.45) is 0 Å². The second-order valence-electron chi connectivity index (χ2n) is 4.66. The molecule has 0 spiro atoms. The molecule has 1 fully saturated rings. The molecule has 1 aliphatic heterocycles. The average molecular weight is 284 g/mol. The number of ether oxygens (including phenoxy) is 2. The summed E-state index contributed by atoms with van der Waals surface area (Å²) in [6.07, 6.45) is -8.43. The highest BCUT2D eigenvalue weighted by Gasteiger charge is 2.47. The summed E-state index contributed by atoms with van der Waals surface area (Å²) in [6, 6.07) is 6.65. The van der Waals surface area contributed by atoms with Gasteiger partial charge < -0.3 is 29.9 Å². The predicted octanol–water partition coefficient (Wildman–Crippen LogP) is -1.30. The SMILES string of the molecule is Cc1cccc(OC(=O)[C@H]2O[C@@H](O)[C@H](O)[C@@H](O)[C@@H]2O)c1. The number of benzene rings is 1. The molecule has 0 radical (unpaired) electrons. The van der Waals surface area contributed by atoms with E-state index in [9.17, 15) is 25.2 Å². The third-order valence-electron chi connectivity index (χ3n) is 3.03. The van der Waals surface area contributed by atoms with Crippen molar-refractivity contribution in [3.8, 4) is 5.75 Å². The van der Waals surface area contributed by atoms with E-state index in [4.69, 9.17) is 9.47 Å². The highest BCUT2D eigenvalue weighted by atomic mass is 16.7. The van der Waals surface area contributed by atoms with Gasteiger partial charge in [0.2, 0.25) is 0 Å². The van der Waals surface area contributed by atoms with Gasteiger partial charge in [-0.2, -0.15) is 0 Å². The number of aliphatic hydroxyl groups excluding tert-OH is 4. The minimum Gasteiger partial charge on any atom is -0.425 e. The van der Waals surface area contributed by atoms with E-state index >= 15 is 0 Å². The van der Waals surface area contributed by atoms with E-state index in [1.807, 2.05) is 13.0 Å². The molecule has 7 heteroatoms. The molecule has 7 nitrogen and oxygen atoms in total. The Balaban J connectivity index is 2.09. The standard InChI is InChI=1S/C13H16O7/c1-6-3-2-4-7(5-6)19-13(18)11-9(15)8(14)10(16)12(17)20-11/h2-5,8-12,14-17H,1H3/t8-,9-,10+,11-,12+/m0/s1. The Hall–Kier alpha value is -1.51. The molecule has 0 aromatic heterocycles. The van der Waals surface area contributed by atoms with E-state index in [1.54, 1.807) is 18.2 Å². The number of carbonyl (C=O) groups excluding carboxylic acids is 1. The lowest BCUT2D eigenvalue weighted by Crippen LogP contribution is -2.60. The van der Waals surface area contributed by atoms with E-state index in [2.05, 4.69) is 0 Å². The number of esters is 1. The number of hydrogen-bond donors (Lipinski definition) is 4. The van der Waals surface area contributed by atoms with Gasteiger partial charge in [0.25, 0.3) is 0 Å². The molecule has 1 aromatic carbocycles. The molecular weight excluding hydrogens is 268 g/mol. The molecule has 0 bridgehead atoms. The van der Waals surface area contributed by atoms with Crippen molar-refractivity contribution in [1.82, 2.24) is 0 Å². The van der Waals surface area contributed by atoms with Crippen LogP contribution in [0.1, 0.15) is 5.56 Å². The molecule has 110 valence electrons. The van der Waals surface area contributed by atoms with Crippen LogP contribution in [0, 0.1) is 6.92 Å². The zero-order chi connectivity index (χ0) is 14.9. The highest BCUT2D eigenvalue weighted by Crippen LogP contribution is 2.22. The van der Waals surface area contributed by atoms with Crippen LogP contribution in [-0.2, 0) is 9.53 Å². The normalized spacial score (nSPS) is 33.8. The number of rotatable bonds is 2. The Bertz CT molecular complexity index is 489. The van der Waals surface area contributed by atoms with Crippen molar-refractivity contribution in [3.05, 3.63) is 29.8 Å². The maximum atomic E-state index is 11.9. The quantitative estimate of drug-likeness (QED) is 0.394. The van der Waals surface area contributed by atoms with Crippen molar-refractivity contribution in [2.45, 2.75) is 37.6 Å². The van der Waals surface area contributed by atoms with E-state index in [1.165, 1.54) is 0 Å². The topological polar surface area (TPSA) is 116 Å². The van der Waals surface area contributed by atoms with Crippen molar-refractivity contribution in [2.75, 3.05) is 0 Å². The molecule has 1 aromatic rings. The molecule has 20 heavy (non-hydrogen) atoms. The summed E-state index contributed by atoms with van der Waals surface area (Å²) in [7, 11) is 0. The first-order valence-electron chi connectivity index (χ1n) is 6.06. The lowest BCUT2D eigenvalue weighted by molar-refractivity contribution is -0.279. The summed E-state index contributed by atoms with van der Waals surface area (Å²) in [5, 5.41) is 37.8. The van der Waals surface area contributed by atoms with Gasteiger partial charge in [-0.3, -0.25) is 0 Å². The maximum Gasteiger partial charge on any atom is 0.343 e. The van der Waals surface area contributed by atoms with Crippen molar-refractivity contribution >= 4 is 5.97 Å². The second-order valence-corrected chi connectivity index (χ2v) is 4.66. The third kappa shape index (κ3) is 2.97. The smallest absolute Gasteiger partial charge is 0.343 e. The number of aryl methyl sites for hydroxylation is 1. The van der Waals surface area contributed by atoms with Gasteiger partial charge in [0.15, 0.2) is 12.4 Å². The van der Waals surface area contributed by atoms with Crippen LogP contribution in [0.3, 0.4) is 0 Å². The fourth-order valence-corrected chi connectivity index (χ4v) is 1.91. The molecule has 0 aliphatic carbocycles. The molecule has 4 N–H and O–H groups in total. The van der Waals surface area contributed by atoms with Crippen molar-refractivity contribution in [3.63, 3.8) is 0 Å². The summed E-state index contributed by atoms with van der Waals surface area (Å²) < 4.78 is 9.78. The minimum absolute atomic E-state index is 0.251. The van der Waals surface area contributed by atoms with Crippen LogP contribution in [-0.4, -0.2) is 57.1 Å². The molecule has 0 unspecified atom stereocenters. The zero-order valence-corrected chi connectivity index (χ0v) is 10.7. The molecule has 5 atom stereocenters. The molecular formula is C13H16O7. The summed E-state index contributed by atoms with van der Waals surface area (Å²) in [4.78, 5) is 11.9. The zero-order valence-electron chi connectivity index (χ0n) is 10.7. The monoisotopic (exact) mass is 284 g/mol. The Labute approximate surface area is 115 Å². The van der Waals surface area contributed by atoms with Gasteiger partial charge in [-0.1, -0.05) is 12.1 Å². The van der Waals surface area contributed by atoms with Gasteiger partial charge in [-0.05, 0) is 24.6 Å². The summed E-state index contributed by atoms with van der Waals surface area (Å²) in [6.45, 7) is 1.81. The van der Waals surface area contributed by atoms with Gasteiger partial charge in [-0.15, -0.1) is 0 Å². The second kappa shape index (κ2) is 5.86. The van der Waals surface area contributed by atoms with E-state index in [0.29, 0.717) is 0 Å². The lowest BCUT2D eigenvalue weighted by atomic mass is 9.99. The van der Waals surface area contributed by atoms with Crippen LogP contribution in [0.15, 0.2) is 24.3 Å². The average Bonchev–Trinajstić information content (AvgIpc) is 2.40.